The van der Waals surface area contributed by atoms with Crippen LogP contribution in [0.4, 0.5) is 0 Å². The fraction of sp³-hybridized carbons (Fsp3) is 0.364. The Labute approximate surface area is 100 Å². The molecule has 0 radical (unpaired) electrons. The minimum atomic E-state index is -0.243. The molecule has 4 nitrogen and oxygen atoms in total. The van der Waals surface area contributed by atoms with Gasteiger partial charge in [-0.25, -0.2) is 5.01 Å². The van der Waals surface area contributed by atoms with Gasteiger partial charge in [-0.05, 0) is 24.6 Å². The largest absolute Gasteiger partial charge is 0.496 e. The Morgan fingerprint density at radius 2 is 2.06 bits per heavy atom. The molecule has 0 heterocycles. The van der Waals surface area contributed by atoms with Gasteiger partial charge < -0.3 is 4.74 Å². The topological polar surface area (TPSA) is 41.6 Å². The zero-order valence-corrected chi connectivity index (χ0v) is 10.6. The van der Waals surface area contributed by atoms with Gasteiger partial charge in [0.15, 0.2) is 0 Å². The fourth-order valence-corrected chi connectivity index (χ4v) is 1.71. The van der Waals surface area contributed by atoms with Gasteiger partial charge in [0, 0.05) is 19.1 Å². The number of methoxy groups -OCH3 is 1. The minimum absolute atomic E-state index is 0.243. The number of hydrogen-bond acceptors (Lipinski definition) is 3. The van der Waals surface area contributed by atoms with Crippen molar-refractivity contribution in [2.75, 3.05) is 21.2 Å². The first kappa shape index (κ1) is 12.8. The van der Waals surface area contributed by atoms with E-state index in [9.17, 15) is 4.79 Å². The molecular formula is C11H15ClN2O2. The van der Waals surface area contributed by atoms with Crippen molar-refractivity contribution in [2.45, 2.75) is 6.92 Å². The van der Waals surface area contributed by atoms with E-state index >= 15 is 0 Å². The number of hydrogen-bond donors (Lipinski definition) is 1. The third-order valence-corrected chi connectivity index (χ3v) is 2.23. The summed E-state index contributed by atoms with van der Waals surface area (Å²) in [5.74, 6) is 0.302. The molecule has 88 valence electrons. The molecule has 0 saturated heterocycles. The van der Waals surface area contributed by atoms with Crippen molar-refractivity contribution in [3.63, 3.8) is 0 Å². The van der Waals surface area contributed by atoms with E-state index < -0.39 is 0 Å². The Morgan fingerprint density at radius 1 is 1.44 bits per heavy atom. The summed E-state index contributed by atoms with van der Waals surface area (Å²) in [4.78, 5) is 11.8. The van der Waals surface area contributed by atoms with E-state index in [4.69, 9.17) is 16.3 Å². The summed E-state index contributed by atoms with van der Waals surface area (Å²) < 4.78 is 5.20. The second-order valence-corrected chi connectivity index (χ2v) is 4.08. The summed E-state index contributed by atoms with van der Waals surface area (Å²) in [6, 6.07) is 3.35. The lowest BCUT2D eigenvalue weighted by atomic mass is 10.1. The average molecular weight is 243 g/mol. The van der Waals surface area contributed by atoms with Crippen LogP contribution in [0.2, 0.25) is 5.02 Å². The lowest BCUT2D eigenvalue weighted by Gasteiger charge is -2.15. The third-order valence-electron chi connectivity index (χ3n) is 2.01. The zero-order chi connectivity index (χ0) is 12.3. The van der Waals surface area contributed by atoms with Crippen molar-refractivity contribution < 1.29 is 9.53 Å². The van der Waals surface area contributed by atoms with Gasteiger partial charge in [-0.15, -0.1) is 0 Å². The van der Waals surface area contributed by atoms with E-state index in [1.54, 1.807) is 31.2 Å². The van der Waals surface area contributed by atoms with Crippen molar-refractivity contribution >= 4 is 17.5 Å². The maximum Gasteiger partial charge on any atom is 0.269 e. The number of hydrazine groups is 1. The number of carbonyl (C=O) groups excluding carboxylic acids is 1. The molecule has 1 rings (SSSR count). The molecule has 16 heavy (non-hydrogen) atoms. The van der Waals surface area contributed by atoms with Crippen molar-refractivity contribution in [3.05, 3.63) is 28.3 Å². The van der Waals surface area contributed by atoms with E-state index in [-0.39, 0.29) is 5.91 Å². The SMILES string of the molecule is COc1c(C)cc(Cl)cc1C(=O)NN(C)C. The summed E-state index contributed by atoms with van der Waals surface area (Å²) in [7, 11) is 5.01. The van der Waals surface area contributed by atoms with Crippen molar-refractivity contribution in [1.82, 2.24) is 10.4 Å². The molecule has 0 fully saturated rings. The molecule has 0 unspecified atom stereocenters. The summed E-state index contributed by atoms with van der Waals surface area (Å²) in [6.07, 6.45) is 0. The Morgan fingerprint density at radius 3 is 2.56 bits per heavy atom. The van der Waals surface area contributed by atoms with Crippen LogP contribution in [-0.4, -0.2) is 32.1 Å². The van der Waals surface area contributed by atoms with Gasteiger partial charge in [-0.2, -0.15) is 0 Å². The third kappa shape index (κ3) is 2.87. The van der Waals surface area contributed by atoms with Gasteiger partial charge >= 0.3 is 0 Å². The lowest BCUT2D eigenvalue weighted by Crippen LogP contribution is -2.36. The standard InChI is InChI=1S/C11H15ClN2O2/c1-7-5-8(12)6-9(10(7)16-4)11(15)13-14(2)3/h5-6H,1-4H3,(H,13,15). The first-order chi connectivity index (χ1) is 7.45. The Bertz CT molecular complexity index is 405. The second-order valence-electron chi connectivity index (χ2n) is 3.64. The van der Waals surface area contributed by atoms with Gasteiger partial charge in [-0.3, -0.25) is 10.2 Å². The summed E-state index contributed by atoms with van der Waals surface area (Å²) in [5.41, 5.74) is 3.91. The van der Waals surface area contributed by atoms with Crippen molar-refractivity contribution in [2.24, 2.45) is 0 Å². The van der Waals surface area contributed by atoms with Crippen LogP contribution >= 0.6 is 11.6 Å². The van der Waals surface area contributed by atoms with E-state index in [0.29, 0.717) is 16.3 Å². The summed E-state index contributed by atoms with van der Waals surface area (Å²) in [5, 5.41) is 2.08. The number of carbonyl (C=O) groups is 1. The number of rotatable bonds is 3. The molecule has 0 saturated carbocycles. The molecule has 1 N–H and O–H groups in total. The highest BCUT2D eigenvalue weighted by molar-refractivity contribution is 6.31. The fourth-order valence-electron chi connectivity index (χ4n) is 1.43. The molecule has 0 bridgehead atoms. The first-order valence-electron chi connectivity index (χ1n) is 4.78. The zero-order valence-electron chi connectivity index (χ0n) is 9.80. The molecule has 5 heteroatoms. The Kier molecular flexibility index (Phi) is 4.15. The quantitative estimate of drug-likeness (QED) is 0.823. The van der Waals surface area contributed by atoms with E-state index in [1.807, 2.05) is 6.92 Å². The maximum absolute atomic E-state index is 11.8. The minimum Gasteiger partial charge on any atom is -0.496 e. The highest BCUT2D eigenvalue weighted by atomic mass is 35.5. The number of benzene rings is 1. The molecule has 1 aromatic rings. The van der Waals surface area contributed by atoms with Crippen LogP contribution in [0.3, 0.4) is 0 Å². The van der Waals surface area contributed by atoms with Crippen LogP contribution in [0, 0.1) is 6.92 Å². The van der Waals surface area contributed by atoms with E-state index in [0.717, 1.165) is 5.56 Å². The molecule has 0 spiro atoms. The highest BCUT2D eigenvalue weighted by Crippen LogP contribution is 2.27. The van der Waals surface area contributed by atoms with Gasteiger partial charge in [0.05, 0.1) is 12.7 Å². The Balaban J connectivity index is 3.15. The number of aryl methyl sites for hydroxylation is 1. The first-order valence-corrected chi connectivity index (χ1v) is 5.16. The molecule has 0 aromatic heterocycles. The molecular weight excluding hydrogens is 228 g/mol. The molecule has 0 aliphatic rings. The molecule has 1 amide bonds. The lowest BCUT2D eigenvalue weighted by molar-refractivity contribution is 0.0853. The van der Waals surface area contributed by atoms with Crippen molar-refractivity contribution in [3.8, 4) is 5.75 Å². The smallest absolute Gasteiger partial charge is 0.269 e. The monoisotopic (exact) mass is 242 g/mol. The van der Waals surface area contributed by atoms with Gasteiger partial charge in [0.1, 0.15) is 5.75 Å². The molecule has 0 aliphatic carbocycles. The van der Waals surface area contributed by atoms with Gasteiger partial charge in [0.25, 0.3) is 5.91 Å². The normalized spacial score (nSPS) is 10.4. The number of amides is 1. The van der Waals surface area contributed by atoms with Crippen LogP contribution in [0.1, 0.15) is 15.9 Å². The van der Waals surface area contributed by atoms with Gasteiger partial charge in [0.2, 0.25) is 0 Å². The van der Waals surface area contributed by atoms with Gasteiger partial charge in [-0.1, -0.05) is 11.6 Å². The molecule has 0 aliphatic heterocycles. The van der Waals surface area contributed by atoms with Crippen LogP contribution < -0.4 is 10.2 Å². The van der Waals surface area contributed by atoms with E-state index in [1.165, 1.54) is 7.11 Å². The number of nitrogens with one attached hydrogen (secondary N) is 1. The summed E-state index contributed by atoms with van der Waals surface area (Å²) in [6.45, 7) is 1.84. The van der Waals surface area contributed by atoms with Crippen LogP contribution in [0.15, 0.2) is 12.1 Å². The summed E-state index contributed by atoms with van der Waals surface area (Å²) >= 11 is 5.91. The average Bonchev–Trinajstić information content (AvgIpc) is 2.15. The number of halogens is 1. The van der Waals surface area contributed by atoms with Crippen LogP contribution in [-0.2, 0) is 0 Å². The molecule has 0 atom stereocenters. The second kappa shape index (κ2) is 5.18. The molecule has 1 aromatic carbocycles. The predicted octanol–water partition coefficient (Wildman–Crippen LogP) is 1.86. The van der Waals surface area contributed by atoms with E-state index in [2.05, 4.69) is 5.43 Å². The predicted molar refractivity (Wildman–Crippen MR) is 63.9 cm³/mol. The number of ether oxygens (including phenoxy) is 1. The maximum atomic E-state index is 11.8. The number of nitrogens with zero attached hydrogens (tertiary/aromatic N) is 1. The Hall–Kier alpha value is -1.26. The van der Waals surface area contributed by atoms with Crippen LogP contribution in [0.25, 0.3) is 0 Å². The van der Waals surface area contributed by atoms with Crippen LogP contribution in [0.5, 0.6) is 5.75 Å². The van der Waals surface area contributed by atoms with Crippen molar-refractivity contribution in [1.29, 1.82) is 0 Å². The highest BCUT2D eigenvalue weighted by Gasteiger charge is 2.15.